The molecule has 0 fully saturated rings. The van der Waals surface area contributed by atoms with E-state index in [1.54, 1.807) is 0 Å². The fourth-order valence-electron chi connectivity index (χ4n) is 1.43. The second-order valence-corrected chi connectivity index (χ2v) is 3.73. The van der Waals surface area contributed by atoms with Crippen molar-refractivity contribution < 1.29 is 9.18 Å². The Balaban J connectivity index is 2.18. The van der Waals surface area contributed by atoms with Crippen LogP contribution in [0.25, 0.3) is 0 Å². The van der Waals surface area contributed by atoms with Gasteiger partial charge >= 0.3 is 0 Å². The predicted molar refractivity (Wildman–Crippen MR) is 67.7 cm³/mol. The summed E-state index contributed by atoms with van der Waals surface area (Å²) in [6, 6.07) is 8.48. The van der Waals surface area contributed by atoms with Crippen molar-refractivity contribution in [2.24, 2.45) is 0 Å². The van der Waals surface area contributed by atoms with Gasteiger partial charge < -0.3 is 11.1 Å². The van der Waals surface area contributed by atoms with Gasteiger partial charge in [-0.15, -0.1) is 0 Å². The van der Waals surface area contributed by atoms with Crippen LogP contribution in [0.1, 0.15) is 16.1 Å². The summed E-state index contributed by atoms with van der Waals surface area (Å²) in [7, 11) is 0. The van der Waals surface area contributed by atoms with E-state index in [1.165, 1.54) is 30.5 Å². The summed E-state index contributed by atoms with van der Waals surface area (Å²) in [5.74, 6) is -0.963. The molecule has 0 saturated carbocycles. The van der Waals surface area contributed by atoms with Crippen LogP contribution in [0.2, 0.25) is 0 Å². The summed E-state index contributed by atoms with van der Waals surface area (Å²) in [6.45, 7) is 0. The van der Waals surface area contributed by atoms with Crippen molar-refractivity contribution in [2.75, 3.05) is 11.1 Å². The number of pyridine rings is 1. The Labute approximate surface area is 108 Å². The number of nitrogen functional groups attached to an aromatic ring is 1. The molecule has 2 rings (SSSR count). The maximum absolute atomic E-state index is 12.9. The number of halogens is 1. The first-order valence-electron chi connectivity index (χ1n) is 5.32. The highest BCUT2D eigenvalue weighted by molar-refractivity contribution is 6.04. The molecule has 1 aromatic carbocycles. The Morgan fingerprint density at radius 1 is 1.37 bits per heavy atom. The lowest BCUT2D eigenvalue weighted by Crippen LogP contribution is -2.14. The number of nitrogens with zero attached hydrogens (tertiary/aromatic N) is 2. The summed E-state index contributed by atoms with van der Waals surface area (Å²) in [5, 5.41) is 11.1. The van der Waals surface area contributed by atoms with E-state index in [0.29, 0.717) is 11.3 Å². The van der Waals surface area contributed by atoms with Gasteiger partial charge in [0.1, 0.15) is 17.6 Å². The average Bonchev–Trinajstić information content (AvgIpc) is 2.42. The number of benzene rings is 1. The van der Waals surface area contributed by atoms with Crippen LogP contribution in [0.3, 0.4) is 0 Å². The predicted octanol–water partition coefficient (Wildman–Crippen LogP) is 1.93. The van der Waals surface area contributed by atoms with Crippen LogP contribution in [-0.2, 0) is 0 Å². The zero-order valence-corrected chi connectivity index (χ0v) is 9.72. The van der Waals surface area contributed by atoms with Crippen molar-refractivity contribution in [1.29, 1.82) is 5.26 Å². The SMILES string of the molecule is N#Cc1ccc(C(=O)Nc2ccc(F)cc2N)nc1. The van der Waals surface area contributed by atoms with Gasteiger partial charge in [-0.1, -0.05) is 0 Å². The Morgan fingerprint density at radius 2 is 2.16 bits per heavy atom. The van der Waals surface area contributed by atoms with Gasteiger partial charge in [-0.2, -0.15) is 5.26 Å². The normalized spacial score (nSPS) is 9.68. The molecule has 3 N–H and O–H groups in total. The van der Waals surface area contributed by atoms with Gasteiger partial charge in [0.2, 0.25) is 0 Å². The number of carbonyl (C=O) groups excluding carboxylic acids is 1. The quantitative estimate of drug-likeness (QED) is 0.803. The van der Waals surface area contributed by atoms with Gasteiger partial charge in [0.25, 0.3) is 5.91 Å². The molecule has 6 heteroatoms. The summed E-state index contributed by atoms with van der Waals surface area (Å²) in [5.41, 5.74) is 6.51. The van der Waals surface area contributed by atoms with E-state index in [1.807, 2.05) is 6.07 Å². The highest BCUT2D eigenvalue weighted by atomic mass is 19.1. The van der Waals surface area contributed by atoms with E-state index < -0.39 is 11.7 Å². The fourth-order valence-corrected chi connectivity index (χ4v) is 1.43. The largest absolute Gasteiger partial charge is 0.397 e. The second kappa shape index (κ2) is 5.14. The molecule has 0 aliphatic heterocycles. The molecule has 0 aliphatic carbocycles. The Kier molecular flexibility index (Phi) is 3.39. The highest BCUT2D eigenvalue weighted by Gasteiger charge is 2.09. The molecule has 0 spiro atoms. The number of nitrogens with two attached hydrogens (primary N) is 1. The van der Waals surface area contributed by atoms with Crippen LogP contribution >= 0.6 is 0 Å². The monoisotopic (exact) mass is 256 g/mol. The minimum Gasteiger partial charge on any atom is -0.397 e. The van der Waals surface area contributed by atoms with Gasteiger partial charge in [0.05, 0.1) is 16.9 Å². The lowest BCUT2D eigenvalue weighted by molar-refractivity contribution is 0.102. The van der Waals surface area contributed by atoms with Crippen LogP contribution in [0.15, 0.2) is 36.5 Å². The third-order valence-electron chi connectivity index (χ3n) is 2.39. The number of hydrogen-bond donors (Lipinski definition) is 2. The summed E-state index contributed by atoms with van der Waals surface area (Å²) in [6.07, 6.45) is 1.29. The molecule has 0 radical (unpaired) electrons. The van der Waals surface area contributed by atoms with Crippen molar-refractivity contribution in [3.05, 3.63) is 53.6 Å². The van der Waals surface area contributed by atoms with E-state index in [4.69, 9.17) is 11.0 Å². The van der Waals surface area contributed by atoms with Gasteiger partial charge in [0.15, 0.2) is 0 Å². The molecule has 0 unspecified atom stereocenters. The van der Waals surface area contributed by atoms with Gasteiger partial charge in [-0.05, 0) is 30.3 Å². The first kappa shape index (κ1) is 12.5. The third kappa shape index (κ3) is 2.84. The van der Waals surface area contributed by atoms with E-state index >= 15 is 0 Å². The molecule has 1 heterocycles. The number of amides is 1. The molecular formula is C13H9FN4O. The summed E-state index contributed by atoms with van der Waals surface area (Å²) in [4.78, 5) is 15.7. The van der Waals surface area contributed by atoms with Gasteiger partial charge in [0, 0.05) is 6.20 Å². The Morgan fingerprint density at radius 3 is 2.74 bits per heavy atom. The van der Waals surface area contributed by atoms with Crippen molar-refractivity contribution in [3.63, 3.8) is 0 Å². The molecular weight excluding hydrogens is 247 g/mol. The molecule has 19 heavy (non-hydrogen) atoms. The van der Waals surface area contributed by atoms with Gasteiger partial charge in [-0.3, -0.25) is 4.79 Å². The van der Waals surface area contributed by atoms with Gasteiger partial charge in [-0.25, -0.2) is 9.37 Å². The molecule has 0 bridgehead atoms. The number of nitriles is 1. The standard InChI is InChI=1S/C13H9FN4O/c14-9-2-4-11(10(16)5-9)18-13(19)12-3-1-8(6-15)7-17-12/h1-5,7H,16H2,(H,18,19). The van der Waals surface area contributed by atoms with Crippen molar-refractivity contribution in [3.8, 4) is 6.07 Å². The third-order valence-corrected chi connectivity index (χ3v) is 2.39. The van der Waals surface area contributed by atoms with E-state index in [2.05, 4.69) is 10.3 Å². The Bertz CT molecular complexity index is 661. The molecule has 1 amide bonds. The van der Waals surface area contributed by atoms with Crippen LogP contribution in [0.4, 0.5) is 15.8 Å². The molecule has 0 saturated heterocycles. The molecule has 1 aromatic heterocycles. The number of rotatable bonds is 2. The lowest BCUT2D eigenvalue weighted by Gasteiger charge is -2.07. The fraction of sp³-hybridized carbons (Fsp3) is 0. The van der Waals surface area contributed by atoms with Crippen molar-refractivity contribution in [1.82, 2.24) is 4.98 Å². The zero-order chi connectivity index (χ0) is 13.8. The highest BCUT2D eigenvalue weighted by Crippen LogP contribution is 2.19. The van der Waals surface area contributed by atoms with Crippen LogP contribution < -0.4 is 11.1 Å². The van der Waals surface area contributed by atoms with Crippen molar-refractivity contribution >= 4 is 17.3 Å². The van der Waals surface area contributed by atoms with Crippen LogP contribution in [0.5, 0.6) is 0 Å². The molecule has 94 valence electrons. The number of aromatic nitrogens is 1. The number of carbonyl (C=O) groups is 1. The summed E-state index contributed by atoms with van der Waals surface area (Å²) >= 11 is 0. The van der Waals surface area contributed by atoms with E-state index in [-0.39, 0.29) is 11.4 Å². The number of anilines is 2. The molecule has 5 nitrogen and oxygen atoms in total. The Hall–Kier alpha value is -2.94. The first-order valence-corrected chi connectivity index (χ1v) is 5.32. The molecule has 0 atom stereocenters. The minimum atomic E-state index is -0.484. The maximum Gasteiger partial charge on any atom is 0.274 e. The first-order chi connectivity index (χ1) is 9.10. The molecule has 0 aliphatic rings. The number of nitrogens with one attached hydrogen (secondary N) is 1. The topological polar surface area (TPSA) is 91.8 Å². The summed E-state index contributed by atoms with van der Waals surface area (Å²) < 4.78 is 12.9. The lowest BCUT2D eigenvalue weighted by atomic mass is 10.2. The zero-order valence-electron chi connectivity index (χ0n) is 9.72. The van der Waals surface area contributed by atoms with Crippen molar-refractivity contribution in [2.45, 2.75) is 0 Å². The second-order valence-electron chi connectivity index (χ2n) is 3.73. The smallest absolute Gasteiger partial charge is 0.274 e. The van der Waals surface area contributed by atoms with Crippen LogP contribution in [-0.4, -0.2) is 10.9 Å². The number of hydrogen-bond acceptors (Lipinski definition) is 4. The average molecular weight is 256 g/mol. The van der Waals surface area contributed by atoms with Crippen LogP contribution in [0, 0.1) is 17.1 Å². The van der Waals surface area contributed by atoms with E-state index in [0.717, 1.165) is 6.07 Å². The minimum absolute atomic E-state index is 0.127. The van der Waals surface area contributed by atoms with E-state index in [9.17, 15) is 9.18 Å². The molecule has 2 aromatic rings. The maximum atomic E-state index is 12.9.